The Kier molecular flexibility index (Phi) is 5.33. The number of hydrogen-bond donors (Lipinski definition) is 1. The zero-order valence-electron chi connectivity index (χ0n) is 11.0. The van der Waals surface area contributed by atoms with Gasteiger partial charge < -0.3 is 10.1 Å². The highest BCUT2D eigenvalue weighted by atomic mass is 79.9. The van der Waals surface area contributed by atoms with Gasteiger partial charge in [-0.25, -0.2) is 9.97 Å². The predicted octanol–water partition coefficient (Wildman–Crippen LogP) is 3.32. The summed E-state index contributed by atoms with van der Waals surface area (Å²) in [4.78, 5) is 9.01. The van der Waals surface area contributed by atoms with Crippen LogP contribution in [-0.4, -0.2) is 23.6 Å². The van der Waals surface area contributed by atoms with Gasteiger partial charge in [0.15, 0.2) is 5.82 Å². The number of nitrogens with one attached hydrogen (secondary N) is 1. The number of ether oxygens (including phenoxy) is 1. The molecule has 1 atom stereocenters. The molecule has 1 aromatic heterocycles. The topological polar surface area (TPSA) is 47.0 Å². The van der Waals surface area contributed by atoms with E-state index in [0.717, 1.165) is 28.4 Å². The van der Waals surface area contributed by atoms with E-state index in [9.17, 15) is 0 Å². The Hall–Kier alpha value is -0.680. The second kappa shape index (κ2) is 6.31. The van der Waals surface area contributed by atoms with Crippen LogP contribution in [-0.2, 0) is 4.74 Å². The summed E-state index contributed by atoms with van der Waals surface area (Å²) >= 11 is 3.50. The molecule has 0 bridgehead atoms. The maximum atomic E-state index is 5.46. The van der Waals surface area contributed by atoms with Crippen LogP contribution < -0.4 is 5.32 Å². The summed E-state index contributed by atoms with van der Waals surface area (Å²) in [7, 11) is 1.69. The molecule has 1 unspecified atom stereocenters. The highest BCUT2D eigenvalue weighted by molar-refractivity contribution is 9.10. The summed E-state index contributed by atoms with van der Waals surface area (Å²) in [5.41, 5.74) is 0.925. The van der Waals surface area contributed by atoms with E-state index in [1.165, 1.54) is 0 Å². The summed E-state index contributed by atoms with van der Waals surface area (Å²) in [6.45, 7) is 9.03. The number of aromatic nitrogens is 2. The lowest BCUT2D eigenvalue weighted by Gasteiger charge is -2.19. The summed E-state index contributed by atoms with van der Waals surface area (Å²) in [5.74, 6) is 1.91. The van der Waals surface area contributed by atoms with Gasteiger partial charge >= 0.3 is 0 Å². The number of aryl methyl sites for hydroxylation is 1. The average molecular weight is 302 g/mol. The van der Waals surface area contributed by atoms with Crippen LogP contribution >= 0.6 is 15.9 Å². The zero-order chi connectivity index (χ0) is 13.0. The number of methoxy groups -OCH3 is 1. The van der Waals surface area contributed by atoms with E-state index in [2.05, 4.69) is 45.1 Å². The van der Waals surface area contributed by atoms with Gasteiger partial charge in [0.2, 0.25) is 0 Å². The van der Waals surface area contributed by atoms with E-state index in [4.69, 9.17) is 4.74 Å². The molecule has 1 heterocycles. The fourth-order valence-electron chi connectivity index (χ4n) is 1.67. The van der Waals surface area contributed by atoms with Crippen LogP contribution in [0, 0.1) is 12.8 Å². The third kappa shape index (κ3) is 3.39. The lowest BCUT2D eigenvalue weighted by atomic mass is 10.1. The van der Waals surface area contributed by atoms with Crippen LogP contribution in [0.5, 0.6) is 0 Å². The molecule has 0 spiro atoms. The van der Waals surface area contributed by atoms with Crippen LogP contribution in [0.1, 0.15) is 38.4 Å². The molecule has 1 aromatic rings. The molecule has 96 valence electrons. The summed E-state index contributed by atoms with van der Waals surface area (Å²) < 4.78 is 6.38. The van der Waals surface area contributed by atoms with Crippen molar-refractivity contribution >= 4 is 21.7 Å². The Morgan fingerprint density at radius 2 is 2.00 bits per heavy atom. The van der Waals surface area contributed by atoms with Crippen molar-refractivity contribution in [2.75, 3.05) is 19.0 Å². The normalized spacial score (nSPS) is 12.9. The third-order valence-electron chi connectivity index (χ3n) is 2.49. The van der Waals surface area contributed by atoms with Crippen molar-refractivity contribution in [3.63, 3.8) is 0 Å². The molecule has 1 rings (SSSR count). The fourth-order valence-corrected chi connectivity index (χ4v) is 1.99. The zero-order valence-corrected chi connectivity index (χ0v) is 12.6. The Balaban J connectivity index is 3.16. The minimum atomic E-state index is -0.0702. The molecule has 0 fully saturated rings. The minimum Gasteiger partial charge on any atom is -0.373 e. The number of hydrogen-bond acceptors (Lipinski definition) is 4. The van der Waals surface area contributed by atoms with Crippen molar-refractivity contribution in [1.82, 2.24) is 9.97 Å². The van der Waals surface area contributed by atoms with E-state index in [-0.39, 0.29) is 6.10 Å². The Labute approximate surface area is 111 Å². The molecular formula is C12H20BrN3O. The largest absolute Gasteiger partial charge is 0.373 e. The van der Waals surface area contributed by atoms with Crippen molar-refractivity contribution in [2.45, 2.75) is 33.8 Å². The Morgan fingerprint density at radius 3 is 2.47 bits per heavy atom. The first-order chi connectivity index (χ1) is 8.01. The molecule has 0 saturated heterocycles. The second-order valence-corrected chi connectivity index (χ2v) is 5.05. The monoisotopic (exact) mass is 301 g/mol. The molecule has 1 N–H and O–H groups in total. The Morgan fingerprint density at radius 1 is 1.35 bits per heavy atom. The maximum Gasteiger partial charge on any atom is 0.160 e. The van der Waals surface area contributed by atoms with E-state index >= 15 is 0 Å². The van der Waals surface area contributed by atoms with E-state index < -0.39 is 0 Å². The summed E-state index contributed by atoms with van der Waals surface area (Å²) in [6, 6.07) is 0. The average Bonchev–Trinajstić information content (AvgIpc) is 2.26. The summed E-state index contributed by atoms with van der Waals surface area (Å²) in [6.07, 6.45) is -0.0702. The van der Waals surface area contributed by atoms with E-state index in [0.29, 0.717) is 5.92 Å². The first-order valence-corrected chi connectivity index (χ1v) is 6.61. The molecule has 5 heteroatoms. The van der Waals surface area contributed by atoms with Gasteiger partial charge in [-0.1, -0.05) is 13.8 Å². The molecule has 0 aliphatic rings. The first kappa shape index (κ1) is 14.4. The van der Waals surface area contributed by atoms with Crippen molar-refractivity contribution < 1.29 is 4.74 Å². The molecule has 0 aliphatic heterocycles. The third-order valence-corrected chi connectivity index (χ3v) is 3.44. The minimum absolute atomic E-state index is 0.0702. The van der Waals surface area contributed by atoms with Crippen LogP contribution in [0.15, 0.2) is 4.47 Å². The lowest BCUT2D eigenvalue weighted by Crippen LogP contribution is -2.15. The molecule has 4 nitrogen and oxygen atoms in total. The van der Waals surface area contributed by atoms with E-state index in [1.807, 2.05) is 13.8 Å². The number of halogens is 1. The Bertz CT molecular complexity index is 382. The van der Waals surface area contributed by atoms with Gasteiger partial charge in [-0.15, -0.1) is 0 Å². The van der Waals surface area contributed by atoms with Crippen molar-refractivity contribution in [1.29, 1.82) is 0 Å². The van der Waals surface area contributed by atoms with Gasteiger partial charge in [0.05, 0.1) is 10.2 Å². The molecule has 17 heavy (non-hydrogen) atoms. The molecular weight excluding hydrogens is 282 g/mol. The quantitative estimate of drug-likeness (QED) is 0.906. The molecule has 0 aromatic carbocycles. The number of rotatable bonds is 5. The summed E-state index contributed by atoms with van der Waals surface area (Å²) in [5, 5.41) is 3.22. The maximum absolute atomic E-state index is 5.46. The van der Waals surface area contributed by atoms with Gasteiger partial charge in [0, 0.05) is 13.7 Å². The van der Waals surface area contributed by atoms with Gasteiger partial charge in [0.25, 0.3) is 0 Å². The van der Waals surface area contributed by atoms with Crippen LogP contribution in [0.25, 0.3) is 0 Å². The highest BCUT2D eigenvalue weighted by Crippen LogP contribution is 2.28. The smallest absolute Gasteiger partial charge is 0.160 e. The van der Waals surface area contributed by atoms with Crippen LogP contribution in [0.4, 0.5) is 5.82 Å². The highest BCUT2D eigenvalue weighted by Gasteiger charge is 2.20. The van der Waals surface area contributed by atoms with Gasteiger partial charge in [-0.2, -0.15) is 0 Å². The predicted molar refractivity (Wildman–Crippen MR) is 73.2 cm³/mol. The molecule has 0 aliphatic carbocycles. The molecule has 0 amide bonds. The van der Waals surface area contributed by atoms with Crippen LogP contribution in [0.2, 0.25) is 0 Å². The second-order valence-electron chi connectivity index (χ2n) is 4.26. The van der Waals surface area contributed by atoms with Crippen molar-refractivity contribution in [3.8, 4) is 0 Å². The number of anilines is 1. The van der Waals surface area contributed by atoms with E-state index in [1.54, 1.807) is 7.11 Å². The standard InChI is InChI=1S/C12H20BrN3O/c1-6-14-11-9(13)8(4)15-12(16-11)10(17-5)7(2)3/h7,10H,6H2,1-5H3,(H,14,15,16). The van der Waals surface area contributed by atoms with Gasteiger partial charge in [-0.3, -0.25) is 0 Å². The SMILES string of the molecule is CCNc1nc(C(OC)C(C)C)nc(C)c1Br. The van der Waals surface area contributed by atoms with Gasteiger partial charge in [-0.05, 0) is 35.7 Å². The van der Waals surface area contributed by atoms with Gasteiger partial charge in [0.1, 0.15) is 11.9 Å². The number of nitrogens with zero attached hydrogens (tertiary/aromatic N) is 2. The van der Waals surface area contributed by atoms with Crippen LogP contribution in [0.3, 0.4) is 0 Å². The first-order valence-electron chi connectivity index (χ1n) is 5.81. The molecule has 0 radical (unpaired) electrons. The van der Waals surface area contributed by atoms with Crippen molar-refractivity contribution in [2.24, 2.45) is 5.92 Å². The van der Waals surface area contributed by atoms with Crippen molar-refractivity contribution in [3.05, 3.63) is 16.0 Å². The lowest BCUT2D eigenvalue weighted by molar-refractivity contribution is 0.0574. The molecule has 0 saturated carbocycles. The fraction of sp³-hybridized carbons (Fsp3) is 0.667.